The first-order valence-electron chi connectivity index (χ1n) is 4.92. The van der Waals surface area contributed by atoms with Crippen molar-refractivity contribution < 1.29 is 4.79 Å². The van der Waals surface area contributed by atoms with Gasteiger partial charge in [0.1, 0.15) is 0 Å². The van der Waals surface area contributed by atoms with Crippen molar-refractivity contribution in [2.45, 2.75) is 32.2 Å². The number of rotatable bonds is 0. The topological polar surface area (TPSA) is 20.3 Å². The van der Waals surface area contributed by atoms with E-state index in [0.717, 1.165) is 19.4 Å². The Morgan fingerprint density at radius 2 is 2.31 bits per heavy atom. The second-order valence-corrected chi connectivity index (χ2v) is 3.74. The lowest BCUT2D eigenvalue weighted by Gasteiger charge is -2.31. The Labute approximate surface area is 78.9 Å². The zero-order valence-corrected chi connectivity index (χ0v) is 7.99. The van der Waals surface area contributed by atoms with Crippen LogP contribution in [-0.2, 0) is 4.79 Å². The van der Waals surface area contributed by atoms with Gasteiger partial charge >= 0.3 is 0 Å². The maximum absolute atomic E-state index is 11.7. The molecule has 2 aliphatic heterocycles. The normalized spacial score (nSPS) is 28.1. The van der Waals surface area contributed by atoms with E-state index in [1.807, 2.05) is 4.90 Å². The quantitative estimate of drug-likeness (QED) is 0.517. The van der Waals surface area contributed by atoms with Crippen molar-refractivity contribution in [3.05, 3.63) is 23.8 Å². The lowest BCUT2D eigenvalue weighted by Crippen LogP contribution is -2.41. The maximum Gasteiger partial charge on any atom is 0.223 e. The van der Waals surface area contributed by atoms with Gasteiger partial charge in [0.15, 0.2) is 0 Å². The van der Waals surface area contributed by atoms with Crippen LogP contribution in [0.3, 0.4) is 0 Å². The van der Waals surface area contributed by atoms with Gasteiger partial charge in [0.2, 0.25) is 5.91 Å². The summed E-state index contributed by atoms with van der Waals surface area (Å²) in [6, 6.07) is 0.253. The molecule has 13 heavy (non-hydrogen) atoms. The number of fused-ring (bicyclic) bond motifs is 1. The van der Waals surface area contributed by atoms with Crippen molar-refractivity contribution in [1.29, 1.82) is 0 Å². The fourth-order valence-electron chi connectivity index (χ4n) is 2.05. The van der Waals surface area contributed by atoms with Gasteiger partial charge in [-0.3, -0.25) is 4.79 Å². The first-order chi connectivity index (χ1) is 6.29. The molecule has 70 valence electrons. The van der Waals surface area contributed by atoms with Crippen LogP contribution in [0.2, 0.25) is 0 Å². The van der Waals surface area contributed by atoms with E-state index in [2.05, 4.69) is 25.2 Å². The molecule has 2 rings (SSSR count). The summed E-state index contributed by atoms with van der Waals surface area (Å²) in [5, 5.41) is 0. The predicted octanol–water partition coefficient (Wildman–Crippen LogP) is 1.88. The van der Waals surface area contributed by atoms with Crippen LogP contribution < -0.4 is 0 Å². The maximum atomic E-state index is 11.7. The van der Waals surface area contributed by atoms with E-state index in [1.165, 1.54) is 5.57 Å². The van der Waals surface area contributed by atoms with Crippen LogP contribution in [0.4, 0.5) is 0 Å². The average molecular weight is 177 g/mol. The largest absolute Gasteiger partial charge is 0.332 e. The minimum Gasteiger partial charge on any atom is -0.332 e. The first-order valence-corrected chi connectivity index (χ1v) is 4.92. The number of hydrogen-bond donors (Lipinski definition) is 0. The molecular weight excluding hydrogens is 162 g/mol. The number of carbonyl (C=O) groups is 1. The molecular formula is C11H15NO. The van der Waals surface area contributed by atoms with E-state index >= 15 is 0 Å². The minimum absolute atomic E-state index is 0.253. The molecule has 0 aliphatic carbocycles. The zero-order valence-electron chi connectivity index (χ0n) is 7.99. The third-order valence-corrected chi connectivity index (χ3v) is 2.80. The molecule has 0 aromatic carbocycles. The Balaban J connectivity index is 2.29. The lowest BCUT2D eigenvalue weighted by atomic mass is 10.0. The smallest absolute Gasteiger partial charge is 0.223 e. The fourth-order valence-corrected chi connectivity index (χ4v) is 2.05. The predicted molar refractivity (Wildman–Crippen MR) is 52.2 cm³/mol. The van der Waals surface area contributed by atoms with Crippen molar-refractivity contribution in [2.24, 2.45) is 0 Å². The fraction of sp³-hybridized carbons (Fsp3) is 0.545. The van der Waals surface area contributed by atoms with Crippen molar-refractivity contribution in [3.63, 3.8) is 0 Å². The van der Waals surface area contributed by atoms with Crippen LogP contribution in [0.15, 0.2) is 23.8 Å². The molecule has 0 fully saturated rings. The highest BCUT2D eigenvalue weighted by atomic mass is 16.2. The lowest BCUT2D eigenvalue weighted by molar-refractivity contribution is -0.131. The summed E-state index contributed by atoms with van der Waals surface area (Å²) in [5.74, 6) is 0.308. The molecule has 0 aromatic rings. The molecule has 2 heteroatoms. The van der Waals surface area contributed by atoms with Crippen LogP contribution in [0.5, 0.6) is 0 Å². The minimum atomic E-state index is 0.253. The van der Waals surface area contributed by atoms with Crippen molar-refractivity contribution in [1.82, 2.24) is 4.90 Å². The molecule has 0 saturated heterocycles. The van der Waals surface area contributed by atoms with E-state index in [9.17, 15) is 4.79 Å². The molecule has 0 aromatic heterocycles. The molecule has 2 nitrogen and oxygen atoms in total. The van der Waals surface area contributed by atoms with E-state index in [-0.39, 0.29) is 6.04 Å². The van der Waals surface area contributed by atoms with Crippen LogP contribution in [0, 0.1) is 0 Å². The third-order valence-electron chi connectivity index (χ3n) is 2.80. The molecule has 0 radical (unpaired) electrons. The van der Waals surface area contributed by atoms with Crippen molar-refractivity contribution in [3.8, 4) is 0 Å². The van der Waals surface area contributed by atoms with Crippen molar-refractivity contribution >= 4 is 5.91 Å². The van der Waals surface area contributed by atoms with Gasteiger partial charge in [-0.25, -0.2) is 0 Å². The number of hydrogen-bond acceptors (Lipinski definition) is 1. The SMILES string of the molecule is CC1=CCCC(=O)N2CCC=CC12. The average Bonchev–Trinajstić information content (AvgIpc) is 2.29. The van der Waals surface area contributed by atoms with Gasteiger partial charge in [0.05, 0.1) is 6.04 Å². The molecule has 2 aliphatic rings. The van der Waals surface area contributed by atoms with E-state index < -0.39 is 0 Å². The molecule has 0 saturated carbocycles. The van der Waals surface area contributed by atoms with Gasteiger partial charge < -0.3 is 4.90 Å². The molecule has 1 unspecified atom stereocenters. The van der Waals surface area contributed by atoms with Crippen LogP contribution in [0.1, 0.15) is 26.2 Å². The molecule has 1 amide bonds. The van der Waals surface area contributed by atoms with Crippen LogP contribution in [0.25, 0.3) is 0 Å². The zero-order chi connectivity index (χ0) is 9.26. The van der Waals surface area contributed by atoms with E-state index in [1.54, 1.807) is 0 Å². The highest BCUT2D eigenvalue weighted by Gasteiger charge is 2.25. The Morgan fingerprint density at radius 1 is 1.46 bits per heavy atom. The van der Waals surface area contributed by atoms with Gasteiger partial charge in [-0.2, -0.15) is 0 Å². The number of allylic oxidation sites excluding steroid dienone is 1. The Bertz CT molecular complexity index is 278. The summed E-state index contributed by atoms with van der Waals surface area (Å²) in [6.45, 7) is 3.01. The summed E-state index contributed by atoms with van der Waals surface area (Å²) >= 11 is 0. The van der Waals surface area contributed by atoms with Gasteiger partial charge in [0, 0.05) is 13.0 Å². The second kappa shape index (κ2) is 3.36. The summed E-state index contributed by atoms with van der Waals surface area (Å²) in [5.41, 5.74) is 1.32. The Kier molecular flexibility index (Phi) is 2.21. The van der Waals surface area contributed by atoms with Gasteiger partial charge in [-0.1, -0.05) is 23.8 Å². The monoisotopic (exact) mass is 177 g/mol. The van der Waals surface area contributed by atoms with Gasteiger partial charge in [-0.15, -0.1) is 0 Å². The number of carbonyl (C=O) groups excluding carboxylic acids is 1. The molecule has 1 atom stereocenters. The second-order valence-electron chi connectivity index (χ2n) is 3.74. The number of nitrogens with zero attached hydrogens (tertiary/aromatic N) is 1. The molecule has 0 spiro atoms. The summed E-state index contributed by atoms with van der Waals surface area (Å²) in [4.78, 5) is 13.7. The summed E-state index contributed by atoms with van der Waals surface area (Å²) in [7, 11) is 0. The van der Waals surface area contributed by atoms with Gasteiger partial charge in [0.25, 0.3) is 0 Å². The molecule has 0 N–H and O–H groups in total. The third kappa shape index (κ3) is 1.53. The van der Waals surface area contributed by atoms with E-state index in [0.29, 0.717) is 12.3 Å². The molecule has 2 heterocycles. The highest BCUT2D eigenvalue weighted by Crippen LogP contribution is 2.22. The first kappa shape index (κ1) is 8.54. The summed E-state index contributed by atoms with van der Waals surface area (Å²) < 4.78 is 0. The standard InChI is InChI=1S/C11H15NO/c1-9-5-4-7-11(13)12-8-3-2-6-10(9)12/h2,5-6,10H,3-4,7-8H2,1H3. The highest BCUT2D eigenvalue weighted by molar-refractivity contribution is 5.78. The molecule has 0 bridgehead atoms. The summed E-state index contributed by atoms with van der Waals surface area (Å²) in [6.07, 6.45) is 9.12. The van der Waals surface area contributed by atoms with Crippen LogP contribution in [-0.4, -0.2) is 23.4 Å². The Morgan fingerprint density at radius 3 is 3.15 bits per heavy atom. The number of amides is 1. The Hall–Kier alpha value is -1.05. The van der Waals surface area contributed by atoms with Gasteiger partial charge in [-0.05, 0) is 19.8 Å². The van der Waals surface area contributed by atoms with Crippen LogP contribution >= 0.6 is 0 Å². The van der Waals surface area contributed by atoms with Crippen molar-refractivity contribution in [2.75, 3.05) is 6.54 Å². The van der Waals surface area contributed by atoms with E-state index in [4.69, 9.17) is 0 Å².